The van der Waals surface area contributed by atoms with Crippen molar-refractivity contribution in [2.24, 2.45) is 5.92 Å². The van der Waals surface area contributed by atoms with Crippen LogP contribution < -0.4 is 5.69 Å². The van der Waals surface area contributed by atoms with E-state index in [4.69, 9.17) is 0 Å². The highest BCUT2D eigenvalue weighted by molar-refractivity contribution is 5.76. The highest BCUT2D eigenvalue weighted by Gasteiger charge is 2.32. The van der Waals surface area contributed by atoms with Crippen molar-refractivity contribution in [1.29, 1.82) is 0 Å². The molecule has 3 aromatic rings. The first-order valence-electron chi connectivity index (χ1n) is 11.3. The minimum absolute atomic E-state index is 0.0136. The van der Waals surface area contributed by atoms with Gasteiger partial charge in [-0.25, -0.2) is 14.0 Å². The number of hydrogen-bond acceptors (Lipinski definition) is 3. The number of amides is 1. The number of hydrogen-bond donors (Lipinski definition) is 0. The fourth-order valence-electron chi connectivity index (χ4n) is 4.52. The molecule has 0 spiro atoms. The number of nitrogens with zero attached hydrogens (tertiary/aromatic N) is 4. The van der Waals surface area contributed by atoms with Crippen molar-refractivity contribution < 1.29 is 4.79 Å². The molecule has 5 rings (SSSR count). The summed E-state index contributed by atoms with van der Waals surface area (Å²) in [5, 5.41) is 4.57. The van der Waals surface area contributed by atoms with E-state index in [0.29, 0.717) is 11.8 Å². The molecule has 0 bridgehead atoms. The summed E-state index contributed by atoms with van der Waals surface area (Å²) in [7, 11) is 0. The van der Waals surface area contributed by atoms with E-state index < -0.39 is 0 Å². The Hall–Kier alpha value is -3.15. The van der Waals surface area contributed by atoms with E-state index in [9.17, 15) is 9.59 Å². The van der Waals surface area contributed by atoms with Gasteiger partial charge in [0.2, 0.25) is 5.91 Å². The second kappa shape index (κ2) is 8.53. The molecule has 2 aliphatic rings. The first kappa shape index (κ1) is 19.8. The molecule has 1 saturated carbocycles. The van der Waals surface area contributed by atoms with Gasteiger partial charge in [0.25, 0.3) is 0 Å². The number of carbonyl (C=O) groups excluding carboxylic acids is 1. The van der Waals surface area contributed by atoms with Crippen LogP contribution in [0, 0.1) is 5.92 Å². The molecule has 1 saturated heterocycles. The topological polar surface area (TPSA) is 60.1 Å². The van der Waals surface area contributed by atoms with Gasteiger partial charge < -0.3 is 4.90 Å². The van der Waals surface area contributed by atoms with E-state index in [1.807, 2.05) is 41.3 Å². The van der Waals surface area contributed by atoms with Gasteiger partial charge >= 0.3 is 5.69 Å². The third-order valence-electron chi connectivity index (χ3n) is 6.44. The summed E-state index contributed by atoms with van der Waals surface area (Å²) in [4.78, 5) is 27.9. The molecule has 0 N–H and O–H groups in total. The number of likely N-dealkylation sites (tertiary alicyclic amines) is 1. The average Bonchev–Trinajstić information content (AvgIpc) is 3.60. The Labute approximate surface area is 182 Å². The summed E-state index contributed by atoms with van der Waals surface area (Å²) in [6.07, 6.45) is 5.16. The lowest BCUT2D eigenvalue weighted by molar-refractivity contribution is -0.133. The van der Waals surface area contributed by atoms with Gasteiger partial charge in [-0.1, -0.05) is 48.5 Å². The van der Waals surface area contributed by atoms with Crippen LogP contribution in [0.2, 0.25) is 0 Å². The second-order valence-corrected chi connectivity index (χ2v) is 8.76. The highest BCUT2D eigenvalue weighted by Crippen LogP contribution is 2.39. The largest absolute Gasteiger partial charge is 0.351 e. The van der Waals surface area contributed by atoms with E-state index in [0.717, 1.165) is 56.7 Å². The molecular weight excluding hydrogens is 388 g/mol. The molecule has 0 atom stereocenters. The fourth-order valence-corrected chi connectivity index (χ4v) is 4.52. The monoisotopic (exact) mass is 416 g/mol. The fraction of sp³-hybridized carbons (Fsp3) is 0.400. The van der Waals surface area contributed by atoms with E-state index in [1.165, 1.54) is 10.2 Å². The van der Waals surface area contributed by atoms with E-state index in [-0.39, 0.29) is 18.1 Å². The van der Waals surface area contributed by atoms with Gasteiger partial charge in [0.1, 0.15) is 12.4 Å². The lowest BCUT2D eigenvalue weighted by Gasteiger charge is -2.32. The third-order valence-corrected chi connectivity index (χ3v) is 6.44. The number of aromatic nitrogens is 3. The van der Waals surface area contributed by atoms with Crippen molar-refractivity contribution in [2.75, 3.05) is 13.1 Å². The van der Waals surface area contributed by atoms with Crippen LogP contribution in [-0.4, -0.2) is 38.2 Å². The normalized spacial score (nSPS) is 17.1. The van der Waals surface area contributed by atoms with Crippen LogP contribution in [-0.2, 0) is 17.8 Å². The van der Waals surface area contributed by atoms with Crippen molar-refractivity contribution in [3.05, 3.63) is 82.5 Å². The van der Waals surface area contributed by atoms with Gasteiger partial charge in [0.15, 0.2) is 0 Å². The minimum atomic E-state index is -0.222. The zero-order valence-electron chi connectivity index (χ0n) is 17.7. The maximum atomic E-state index is 13.1. The van der Waals surface area contributed by atoms with Crippen molar-refractivity contribution in [1.82, 2.24) is 19.2 Å². The van der Waals surface area contributed by atoms with Crippen molar-refractivity contribution in [3.63, 3.8) is 0 Å². The minimum Gasteiger partial charge on any atom is -0.341 e. The van der Waals surface area contributed by atoms with Gasteiger partial charge in [0, 0.05) is 19.0 Å². The zero-order chi connectivity index (χ0) is 21.2. The molecule has 1 amide bonds. The van der Waals surface area contributed by atoms with Crippen LogP contribution in [0.25, 0.3) is 5.69 Å². The van der Waals surface area contributed by atoms with E-state index >= 15 is 0 Å². The first-order valence-corrected chi connectivity index (χ1v) is 11.3. The summed E-state index contributed by atoms with van der Waals surface area (Å²) < 4.78 is 3.04. The van der Waals surface area contributed by atoms with E-state index in [1.54, 1.807) is 4.57 Å². The molecule has 1 aromatic heterocycles. The Morgan fingerprint density at radius 2 is 1.55 bits per heavy atom. The number of para-hydroxylation sites is 1. The number of carbonyl (C=O) groups is 1. The molecule has 6 heteroatoms. The molecule has 1 aliphatic carbocycles. The maximum absolute atomic E-state index is 13.1. The molecule has 160 valence electrons. The summed E-state index contributed by atoms with van der Waals surface area (Å²) >= 11 is 0. The Kier molecular flexibility index (Phi) is 5.45. The summed E-state index contributed by atoms with van der Waals surface area (Å²) in [5.41, 5.74) is 1.95. The predicted molar refractivity (Wildman–Crippen MR) is 119 cm³/mol. The van der Waals surface area contributed by atoms with Crippen LogP contribution in [0.3, 0.4) is 0 Å². The van der Waals surface area contributed by atoms with Gasteiger partial charge in [-0.3, -0.25) is 4.79 Å². The van der Waals surface area contributed by atoms with Crippen LogP contribution in [0.4, 0.5) is 0 Å². The van der Waals surface area contributed by atoms with Crippen LogP contribution in [0.1, 0.15) is 43.0 Å². The molecule has 2 heterocycles. The Balaban J connectivity index is 1.26. The second-order valence-electron chi connectivity index (χ2n) is 8.76. The lowest BCUT2D eigenvalue weighted by Crippen LogP contribution is -2.42. The zero-order valence-corrected chi connectivity index (χ0v) is 17.7. The van der Waals surface area contributed by atoms with Crippen LogP contribution >= 0.6 is 0 Å². The molecule has 0 radical (unpaired) electrons. The number of piperidine rings is 1. The standard InChI is InChI=1S/C25H28N4O2/c30-23(27-15-13-20(14-16-27)17-19-7-3-1-4-8-19)18-28-25(31)29(22-9-5-2-6-10-22)24(26-28)21-11-12-21/h1-10,20-21H,11-18H2. The molecule has 2 aromatic carbocycles. The Morgan fingerprint density at radius 3 is 2.19 bits per heavy atom. The first-order chi connectivity index (χ1) is 15.2. The van der Waals surface area contributed by atoms with Crippen LogP contribution in [0.5, 0.6) is 0 Å². The van der Waals surface area contributed by atoms with Gasteiger partial charge in [-0.05, 0) is 55.7 Å². The number of benzene rings is 2. The van der Waals surface area contributed by atoms with Crippen LogP contribution in [0.15, 0.2) is 65.5 Å². The van der Waals surface area contributed by atoms with Gasteiger partial charge in [-0.15, -0.1) is 0 Å². The van der Waals surface area contributed by atoms with Crippen molar-refractivity contribution in [3.8, 4) is 5.69 Å². The molecule has 1 aliphatic heterocycles. The smallest absolute Gasteiger partial charge is 0.341 e. The van der Waals surface area contributed by atoms with Gasteiger partial charge in [0.05, 0.1) is 5.69 Å². The maximum Gasteiger partial charge on any atom is 0.351 e. The van der Waals surface area contributed by atoms with Crippen molar-refractivity contribution >= 4 is 5.91 Å². The SMILES string of the molecule is O=C(Cn1nc(C2CC2)n(-c2ccccc2)c1=O)N1CCC(Cc2ccccc2)CC1. The molecule has 6 nitrogen and oxygen atoms in total. The molecule has 31 heavy (non-hydrogen) atoms. The average molecular weight is 417 g/mol. The summed E-state index contributed by atoms with van der Waals surface area (Å²) in [6, 6.07) is 20.1. The molecular formula is C25H28N4O2. The lowest BCUT2D eigenvalue weighted by atomic mass is 9.90. The Morgan fingerprint density at radius 1 is 0.903 bits per heavy atom. The Bertz CT molecular complexity index is 1090. The quantitative estimate of drug-likeness (QED) is 0.619. The predicted octanol–water partition coefficient (Wildman–Crippen LogP) is 3.39. The third kappa shape index (κ3) is 4.33. The molecule has 2 fully saturated rings. The highest BCUT2D eigenvalue weighted by atomic mass is 16.2. The summed E-state index contributed by atoms with van der Waals surface area (Å²) in [6.45, 7) is 1.52. The summed E-state index contributed by atoms with van der Waals surface area (Å²) in [5.74, 6) is 1.69. The van der Waals surface area contributed by atoms with Crippen molar-refractivity contribution in [2.45, 2.75) is 44.6 Å². The van der Waals surface area contributed by atoms with E-state index in [2.05, 4.69) is 29.4 Å². The number of rotatable bonds is 6. The van der Waals surface area contributed by atoms with Gasteiger partial charge in [-0.2, -0.15) is 5.10 Å². The molecule has 0 unspecified atom stereocenters.